The lowest BCUT2D eigenvalue weighted by molar-refractivity contribution is -0.117. The van der Waals surface area contributed by atoms with E-state index in [1.807, 2.05) is 92.6 Å². The van der Waals surface area contributed by atoms with Crippen molar-refractivity contribution in [2.24, 2.45) is 0 Å². The van der Waals surface area contributed by atoms with Crippen LogP contribution in [0.4, 0.5) is 5.69 Å². The summed E-state index contributed by atoms with van der Waals surface area (Å²) in [4.78, 5) is 27.7. The summed E-state index contributed by atoms with van der Waals surface area (Å²) in [7, 11) is 3.94. The van der Waals surface area contributed by atoms with Gasteiger partial charge in [0.15, 0.2) is 0 Å². The maximum absolute atomic E-state index is 12.9. The number of carbonyl (C=O) groups excluding carboxylic acids is 2. The lowest BCUT2D eigenvalue weighted by Gasteiger charge is -2.13. The number of hydrogen-bond donors (Lipinski definition) is 2. The molecule has 0 unspecified atom stereocenters. The maximum atomic E-state index is 12.9. The van der Waals surface area contributed by atoms with Crippen LogP contribution < -0.4 is 15.5 Å². The number of carbonyl (C=O) groups is 2. The van der Waals surface area contributed by atoms with Crippen molar-refractivity contribution in [1.82, 2.24) is 10.6 Å². The van der Waals surface area contributed by atoms with Crippen LogP contribution in [0.25, 0.3) is 6.08 Å². The van der Waals surface area contributed by atoms with Gasteiger partial charge < -0.3 is 15.5 Å². The van der Waals surface area contributed by atoms with Crippen LogP contribution in [-0.2, 0) is 11.2 Å². The third-order valence-electron chi connectivity index (χ3n) is 5.07. The molecule has 0 aliphatic carbocycles. The van der Waals surface area contributed by atoms with Crippen molar-refractivity contribution in [1.29, 1.82) is 0 Å². The minimum atomic E-state index is -0.321. The molecule has 0 heterocycles. The molecule has 0 radical (unpaired) electrons. The van der Waals surface area contributed by atoms with Gasteiger partial charge >= 0.3 is 0 Å². The molecule has 0 saturated carbocycles. The van der Waals surface area contributed by atoms with E-state index in [1.165, 1.54) is 0 Å². The van der Waals surface area contributed by atoms with Gasteiger partial charge in [-0.15, -0.1) is 0 Å². The highest BCUT2D eigenvalue weighted by molar-refractivity contribution is 6.05. The Bertz CT molecular complexity index is 1070. The zero-order valence-electron chi connectivity index (χ0n) is 18.8. The van der Waals surface area contributed by atoms with Crippen molar-refractivity contribution < 1.29 is 9.59 Å². The molecular formula is C27H29N3O2. The molecule has 0 fully saturated rings. The summed E-state index contributed by atoms with van der Waals surface area (Å²) in [5.74, 6) is -0.641. The third kappa shape index (κ3) is 6.57. The Morgan fingerprint density at radius 1 is 0.875 bits per heavy atom. The fourth-order valence-electron chi connectivity index (χ4n) is 3.15. The minimum Gasteiger partial charge on any atom is -0.378 e. The summed E-state index contributed by atoms with van der Waals surface area (Å²) < 4.78 is 0. The number of benzene rings is 3. The first-order valence-electron chi connectivity index (χ1n) is 10.6. The molecule has 0 aromatic heterocycles. The Balaban J connectivity index is 1.76. The maximum Gasteiger partial charge on any atom is 0.267 e. The van der Waals surface area contributed by atoms with Gasteiger partial charge in [0, 0.05) is 31.9 Å². The van der Waals surface area contributed by atoms with Gasteiger partial charge in [-0.05, 0) is 54.8 Å². The Morgan fingerprint density at radius 3 is 2.16 bits per heavy atom. The van der Waals surface area contributed by atoms with Crippen molar-refractivity contribution in [2.75, 3.05) is 25.5 Å². The van der Waals surface area contributed by atoms with Gasteiger partial charge in [0.05, 0.1) is 0 Å². The SMILES string of the molecule is Cc1ccc(C(=O)N/C(=C/c2ccc(N(C)C)cc2)C(=O)NCCc2ccccc2)cc1. The number of nitrogens with zero attached hydrogens (tertiary/aromatic N) is 1. The number of hydrogen-bond acceptors (Lipinski definition) is 3. The number of amides is 2. The molecule has 2 N–H and O–H groups in total. The molecule has 3 rings (SSSR count). The van der Waals surface area contributed by atoms with Crippen molar-refractivity contribution >= 4 is 23.6 Å². The van der Waals surface area contributed by atoms with E-state index in [1.54, 1.807) is 18.2 Å². The van der Waals surface area contributed by atoms with E-state index in [9.17, 15) is 9.59 Å². The lowest BCUT2D eigenvalue weighted by Crippen LogP contribution is -2.35. The fraction of sp³-hybridized carbons (Fsp3) is 0.185. The van der Waals surface area contributed by atoms with E-state index in [0.29, 0.717) is 18.5 Å². The predicted octanol–water partition coefficient (Wildman–Crippen LogP) is 4.19. The molecule has 0 atom stereocenters. The van der Waals surface area contributed by atoms with E-state index < -0.39 is 0 Å². The van der Waals surface area contributed by atoms with Gasteiger partial charge in [-0.1, -0.05) is 60.2 Å². The average Bonchev–Trinajstić information content (AvgIpc) is 2.80. The second-order valence-corrected chi connectivity index (χ2v) is 7.86. The van der Waals surface area contributed by atoms with E-state index >= 15 is 0 Å². The normalized spacial score (nSPS) is 11.0. The van der Waals surface area contributed by atoms with Crippen LogP contribution in [-0.4, -0.2) is 32.5 Å². The summed E-state index contributed by atoms with van der Waals surface area (Å²) in [5.41, 5.74) is 4.80. The van der Waals surface area contributed by atoms with Crippen LogP contribution in [0.1, 0.15) is 27.0 Å². The molecule has 0 spiro atoms. The topological polar surface area (TPSA) is 61.4 Å². The van der Waals surface area contributed by atoms with Crippen LogP contribution in [0.5, 0.6) is 0 Å². The third-order valence-corrected chi connectivity index (χ3v) is 5.07. The van der Waals surface area contributed by atoms with Gasteiger partial charge in [0.2, 0.25) is 0 Å². The molecule has 3 aromatic rings. The largest absolute Gasteiger partial charge is 0.378 e. The highest BCUT2D eigenvalue weighted by atomic mass is 16.2. The zero-order chi connectivity index (χ0) is 22.9. The molecule has 164 valence electrons. The van der Waals surface area contributed by atoms with Crippen LogP contribution in [0.2, 0.25) is 0 Å². The molecule has 5 nitrogen and oxygen atoms in total. The molecule has 3 aromatic carbocycles. The summed E-state index contributed by atoms with van der Waals surface area (Å²) in [6.45, 7) is 2.44. The van der Waals surface area contributed by atoms with Gasteiger partial charge in [-0.25, -0.2) is 0 Å². The number of aryl methyl sites for hydroxylation is 1. The monoisotopic (exact) mass is 427 g/mol. The summed E-state index contributed by atoms with van der Waals surface area (Å²) in [5, 5.41) is 5.70. The van der Waals surface area contributed by atoms with Crippen LogP contribution in [0, 0.1) is 6.92 Å². The van der Waals surface area contributed by atoms with E-state index in [4.69, 9.17) is 0 Å². The van der Waals surface area contributed by atoms with Crippen molar-refractivity contribution in [2.45, 2.75) is 13.3 Å². The van der Waals surface area contributed by atoms with Crippen molar-refractivity contribution in [3.63, 3.8) is 0 Å². The highest BCUT2D eigenvalue weighted by Gasteiger charge is 2.14. The summed E-state index contributed by atoms with van der Waals surface area (Å²) in [6, 6.07) is 25.0. The molecule has 0 aliphatic heterocycles. The highest BCUT2D eigenvalue weighted by Crippen LogP contribution is 2.15. The van der Waals surface area contributed by atoms with Crippen molar-refractivity contribution in [3.05, 3.63) is 107 Å². The Morgan fingerprint density at radius 2 is 1.53 bits per heavy atom. The Kier molecular flexibility index (Phi) is 7.81. The average molecular weight is 428 g/mol. The van der Waals surface area contributed by atoms with Gasteiger partial charge in [0.1, 0.15) is 5.70 Å². The quantitative estimate of drug-likeness (QED) is 0.530. The van der Waals surface area contributed by atoms with Crippen LogP contribution in [0.3, 0.4) is 0 Å². The lowest BCUT2D eigenvalue weighted by atomic mass is 10.1. The number of anilines is 1. The van der Waals surface area contributed by atoms with Crippen LogP contribution >= 0.6 is 0 Å². The van der Waals surface area contributed by atoms with Crippen molar-refractivity contribution in [3.8, 4) is 0 Å². The molecule has 0 saturated heterocycles. The summed E-state index contributed by atoms with van der Waals surface area (Å²) >= 11 is 0. The summed E-state index contributed by atoms with van der Waals surface area (Å²) in [6.07, 6.45) is 2.41. The molecule has 2 amide bonds. The Labute approximate surface area is 189 Å². The fourth-order valence-corrected chi connectivity index (χ4v) is 3.15. The standard InChI is InChI=1S/C27H29N3O2/c1-20-9-13-23(14-10-20)26(31)29-25(19-22-11-15-24(16-12-22)30(2)3)27(32)28-18-17-21-7-5-4-6-8-21/h4-16,19H,17-18H2,1-3H3,(H,28,32)(H,29,31)/b25-19+. The first-order valence-corrected chi connectivity index (χ1v) is 10.6. The van der Waals surface area contributed by atoms with E-state index in [-0.39, 0.29) is 17.5 Å². The van der Waals surface area contributed by atoms with Crippen LogP contribution in [0.15, 0.2) is 84.6 Å². The smallest absolute Gasteiger partial charge is 0.267 e. The van der Waals surface area contributed by atoms with Gasteiger partial charge in [-0.3, -0.25) is 9.59 Å². The van der Waals surface area contributed by atoms with Gasteiger partial charge in [0.25, 0.3) is 11.8 Å². The van der Waals surface area contributed by atoms with E-state index in [2.05, 4.69) is 10.6 Å². The molecule has 0 aliphatic rings. The van der Waals surface area contributed by atoms with E-state index in [0.717, 1.165) is 22.4 Å². The Hall–Kier alpha value is -3.86. The number of rotatable bonds is 8. The molecule has 0 bridgehead atoms. The first-order chi connectivity index (χ1) is 15.4. The second kappa shape index (κ2) is 11.0. The number of nitrogens with one attached hydrogen (secondary N) is 2. The van der Waals surface area contributed by atoms with Gasteiger partial charge in [-0.2, -0.15) is 0 Å². The minimum absolute atomic E-state index is 0.209. The molecule has 32 heavy (non-hydrogen) atoms. The molecule has 5 heteroatoms. The second-order valence-electron chi connectivity index (χ2n) is 7.86. The first kappa shape index (κ1) is 22.8. The zero-order valence-corrected chi connectivity index (χ0v) is 18.8. The molecular weight excluding hydrogens is 398 g/mol. The predicted molar refractivity (Wildman–Crippen MR) is 131 cm³/mol.